The number of aliphatic hydroxyl groups is 1. The molecule has 0 aliphatic heterocycles. The SMILES string of the molecule is CCN(CC1CCC1)CC(O)c1ccc(N)cc1. The lowest BCUT2D eigenvalue weighted by Crippen LogP contribution is -2.35. The lowest BCUT2D eigenvalue weighted by Gasteiger charge is -2.32. The molecule has 1 aromatic carbocycles. The molecule has 1 saturated carbocycles. The molecular formula is C15H24N2O. The van der Waals surface area contributed by atoms with Crippen LogP contribution in [-0.2, 0) is 0 Å². The van der Waals surface area contributed by atoms with Gasteiger partial charge in [-0.05, 0) is 43.0 Å². The van der Waals surface area contributed by atoms with Crippen LogP contribution in [0.2, 0.25) is 0 Å². The number of rotatable bonds is 6. The zero-order valence-electron chi connectivity index (χ0n) is 11.2. The van der Waals surface area contributed by atoms with Gasteiger partial charge in [-0.15, -0.1) is 0 Å². The third-order valence-corrected chi connectivity index (χ3v) is 3.94. The van der Waals surface area contributed by atoms with Crippen LogP contribution < -0.4 is 5.73 Å². The lowest BCUT2D eigenvalue weighted by atomic mass is 9.85. The van der Waals surface area contributed by atoms with Gasteiger partial charge in [0.25, 0.3) is 0 Å². The third kappa shape index (κ3) is 3.47. The summed E-state index contributed by atoms with van der Waals surface area (Å²) in [6, 6.07) is 7.52. The number of hydrogen-bond acceptors (Lipinski definition) is 3. The molecule has 1 aliphatic carbocycles. The first-order valence-corrected chi connectivity index (χ1v) is 6.95. The van der Waals surface area contributed by atoms with E-state index in [0.29, 0.717) is 0 Å². The van der Waals surface area contributed by atoms with Gasteiger partial charge in [0.2, 0.25) is 0 Å². The number of nitrogens with two attached hydrogens (primary N) is 1. The smallest absolute Gasteiger partial charge is 0.0916 e. The molecule has 1 fully saturated rings. The molecule has 0 spiro atoms. The van der Waals surface area contributed by atoms with Gasteiger partial charge in [0, 0.05) is 18.8 Å². The Kier molecular flexibility index (Phi) is 4.61. The van der Waals surface area contributed by atoms with Crippen molar-refractivity contribution in [3.8, 4) is 0 Å². The second kappa shape index (κ2) is 6.21. The molecule has 3 N–H and O–H groups in total. The van der Waals surface area contributed by atoms with E-state index in [2.05, 4.69) is 11.8 Å². The molecule has 2 rings (SSSR count). The Morgan fingerprint density at radius 3 is 2.50 bits per heavy atom. The quantitative estimate of drug-likeness (QED) is 0.760. The highest BCUT2D eigenvalue weighted by molar-refractivity contribution is 5.39. The van der Waals surface area contributed by atoms with Crippen molar-refractivity contribution >= 4 is 5.69 Å². The van der Waals surface area contributed by atoms with E-state index in [9.17, 15) is 5.11 Å². The minimum absolute atomic E-state index is 0.411. The molecule has 0 aromatic heterocycles. The maximum Gasteiger partial charge on any atom is 0.0916 e. The molecule has 0 radical (unpaired) electrons. The van der Waals surface area contributed by atoms with E-state index < -0.39 is 6.10 Å². The van der Waals surface area contributed by atoms with Crippen LogP contribution in [0.15, 0.2) is 24.3 Å². The summed E-state index contributed by atoms with van der Waals surface area (Å²) in [5.41, 5.74) is 7.35. The van der Waals surface area contributed by atoms with Crippen molar-refractivity contribution in [3.63, 3.8) is 0 Å². The highest BCUT2D eigenvalue weighted by Gasteiger charge is 2.21. The number of likely N-dealkylation sites (N-methyl/N-ethyl adjacent to an activating group) is 1. The summed E-state index contributed by atoms with van der Waals surface area (Å²) in [6.07, 6.45) is 3.68. The molecule has 3 heteroatoms. The number of aliphatic hydroxyl groups excluding tert-OH is 1. The van der Waals surface area contributed by atoms with Gasteiger partial charge < -0.3 is 15.7 Å². The fraction of sp³-hybridized carbons (Fsp3) is 0.600. The number of anilines is 1. The van der Waals surface area contributed by atoms with Gasteiger partial charge >= 0.3 is 0 Å². The van der Waals surface area contributed by atoms with E-state index in [-0.39, 0.29) is 0 Å². The summed E-state index contributed by atoms with van der Waals surface area (Å²) < 4.78 is 0. The summed E-state index contributed by atoms with van der Waals surface area (Å²) in [5.74, 6) is 0.851. The summed E-state index contributed by atoms with van der Waals surface area (Å²) in [7, 11) is 0. The Morgan fingerprint density at radius 1 is 1.33 bits per heavy atom. The molecule has 0 heterocycles. The molecule has 0 bridgehead atoms. The van der Waals surface area contributed by atoms with E-state index >= 15 is 0 Å². The maximum atomic E-state index is 10.2. The first kappa shape index (κ1) is 13.4. The van der Waals surface area contributed by atoms with Gasteiger partial charge in [-0.25, -0.2) is 0 Å². The summed E-state index contributed by atoms with van der Waals surface area (Å²) in [6.45, 7) is 5.01. The molecule has 100 valence electrons. The zero-order valence-corrected chi connectivity index (χ0v) is 11.2. The molecule has 1 aromatic rings. The summed E-state index contributed by atoms with van der Waals surface area (Å²) >= 11 is 0. The number of benzene rings is 1. The molecule has 3 nitrogen and oxygen atoms in total. The van der Waals surface area contributed by atoms with Crippen LogP contribution in [0, 0.1) is 5.92 Å². The highest BCUT2D eigenvalue weighted by atomic mass is 16.3. The zero-order chi connectivity index (χ0) is 13.0. The predicted molar refractivity (Wildman–Crippen MR) is 75.3 cm³/mol. The van der Waals surface area contributed by atoms with Crippen LogP contribution in [-0.4, -0.2) is 29.6 Å². The second-order valence-corrected chi connectivity index (χ2v) is 5.33. The number of nitrogen functional groups attached to an aromatic ring is 1. The lowest BCUT2D eigenvalue weighted by molar-refractivity contribution is 0.0941. The first-order chi connectivity index (χ1) is 8.69. The molecule has 0 amide bonds. The Labute approximate surface area is 110 Å². The maximum absolute atomic E-state index is 10.2. The van der Waals surface area contributed by atoms with Crippen LogP contribution in [0.4, 0.5) is 5.69 Å². The predicted octanol–water partition coefficient (Wildman–Crippen LogP) is 2.42. The minimum Gasteiger partial charge on any atom is -0.399 e. The largest absolute Gasteiger partial charge is 0.399 e. The van der Waals surface area contributed by atoms with Crippen molar-refractivity contribution in [1.29, 1.82) is 0 Å². The van der Waals surface area contributed by atoms with E-state index in [1.165, 1.54) is 19.3 Å². The van der Waals surface area contributed by atoms with Gasteiger partial charge in [0.15, 0.2) is 0 Å². The monoisotopic (exact) mass is 248 g/mol. The van der Waals surface area contributed by atoms with Gasteiger partial charge in [0.1, 0.15) is 0 Å². The van der Waals surface area contributed by atoms with Crippen molar-refractivity contribution in [1.82, 2.24) is 4.90 Å². The van der Waals surface area contributed by atoms with Crippen LogP contribution in [0.5, 0.6) is 0 Å². The van der Waals surface area contributed by atoms with E-state index in [1.54, 1.807) is 0 Å². The topological polar surface area (TPSA) is 49.5 Å². The van der Waals surface area contributed by atoms with Gasteiger partial charge in [0.05, 0.1) is 6.10 Å². The van der Waals surface area contributed by atoms with Gasteiger partial charge in [-0.3, -0.25) is 0 Å². The Balaban J connectivity index is 1.87. The average molecular weight is 248 g/mol. The molecule has 1 unspecified atom stereocenters. The van der Waals surface area contributed by atoms with Crippen LogP contribution in [0.25, 0.3) is 0 Å². The third-order valence-electron chi connectivity index (χ3n) is 3.94. The standard InChI is InChI=1S/C15H24N2O/c1-2-17(10-12-4-3-5-12)11-15(18)13-6-8-14(16)9-7-13/h6-9,12,15,18H,2-5,10-11,16H2,1H3. The highest BCUT2D eigenvalue weighted by Crippen LogP contribution is 2.27. The van der Waals surface area contributed by atoms with Crippen molar-refractivity contribution in [3.05, 3.63) is 29.8 Å². The van der Waals surface area contributed by atoms with E-state index in [1.807, 2.05) is 24.3 Å². The minimum atomic E-state index is -0.411. The van der Waals surface area contributed by atoms with Crippen molar-refractivity contribution < 1.29 is 5.11 Å². The molecule has 0 saturated heterocycles. The van der Waals surface area contributed by atoms with Crippen molar-refractivity contribution in [2.75, 3.05) is 25.4 Å². The molecule has 18 heavy (non-hydrogen) atoms. The summed E-state index contributed by atoms with van der Waals surface area (Å²) in [5, 5.41) is 10.2. The normalized spacial score (nSPS) is 17.7. The number of nitrogens with zero attached hydrogens (tertiary/aromatic N) is 1. The van der Waals surface area contributed by atoms with Crippen LogP contribution in [0.3, 0.4) is 0 Å². The number of hydrogen-bond donors (Lipinski definition) is 2. The van der Waals surface area contributed by atoms with E-state index in [0.717, 1.165) is 36.8 Å². The fourth-order valence-electron chi connectivity index (χ4n) is 2.44. The van der Waals surface area contributed by atoms with Gasteiger partial charge in [-0.1, -0.05) is 25.5 Å². The molecule has 1 aliphatic rings. The van der Waals surface area contributed by atoms with Crippen molar-refractivity contribution in [2.45, 2.75) is 32.3 Å². The second-order valence-electron chi connectivity index (χ2n) is 5.33. The average Bonchev–Trinajstić information content (AvgIpc) is 2.32. The Bertz CT molecular complexity index is 359. The van der Waals surface area contributed by atoms with Crippen LogP contribution >= 0.6 is 0 Å². The Morgan fingerprint density at radius 2 is 2.00 bits per heavy atom. The first-order valence-electron chi connectivity index (χ1n) is 6.95. The van der Waals surface area contributed by atoms with Gasteiger partial charge in [-0.2, -0.15) is 0 Å². The molecular weight excluding hydrogens is 224 g/mol. The van der Waals surface area contributed by atoms with Crippen LogP contribution in [0.1, 0.15) is 37.9 Å². The fourth-order valence-corrected chi connectivity index (χ4v) is 2.44. The Hall–Kier alpha value is -1.06. The van der Waals surface area contributed by atoms with E-state index in [4.69, 9.17) is 5.73 Å². The van der Waals surface area contributed by atoms with Crippen molar-refractivity contribution in [2.24, 2.45) is 5.92 Å². The summed E-state index contributed by atoms with van der Waals surface area (Å²) in [4.78, 5) is 2.35. The molecule has 1 atom stereocenters.